The second kappa shape index (κ2) is 3.78. The first-order valence-corrected chi connectivity index (χ1v) is 4.28. The summed E-state index contributed by atoms with van der Waals surface area (Å²) in [5.41, 5.74) is 7.58. The van der Waals surface area contributed by atoms with Gasteiger partial charge in [-0.15, -0.1) is 0 Å². The third kappa shape index (κ3) is 1.82. The average molecular weight is 189 g/mol. The molecule has 0 saturated heterocycles. The highest BCUT2D eigenvalue weighted by Gasteiger charge is 1.98. The highest BCUT2D eigenvalue weighted by atomic mass is 15.1. The predicted octanol–water partition coefficient (Wildman–Crippen LogP) is 0.999. The molecule has 14 heavy (non-hydrogen) atoms. The van der Waals surface area contributed by atoms with E-state index in [9.17, 15) is 0 Å². The zero-order valence-electron chi connectivity index (χ0n) is 7.57. The molecule has 0 spiro atoms. The van der Waals surface area contributed by atoms with Crippen molar-refractivity contribution in [1.29, 1.82) is 0 Å². The van der Waals surface area contributed by atoms with Gasteiger partial charge in [0.15, 0.2) is 0 Å². The molecule has 4 N–H and O–H groups in total. The Kier molecular flexibility index (Phi) is 2.31. The molecule has 0 aliphatic heterocycles. The van der Waals surface area contributed by atoms with Gasteiger partial charge in [0.25, 0.3) is 0 Å². The van der Waals surface area contributed by atoms with Crippen LogP contribution in [0.3, 0.4) is 0 Å². The van der Waals surface area contributed by atoms with Crippen LogP contribution in [0, 0.1) is 0 Å². The van der Waals surface area contributed by atoms with Gasteiger partial charge in [0, 0.05) is 24.5 Å². The van der Waals surface area contributed by atoms with Crippen molar-refractivity contribution >= 4 is 11.5 Å². The van der Waals surface area contributed by atoms with Gasteiger partial charge in [0.1, 0.15) is 5.82 Å². The van der Waals surface area contributed by atoms with E-state index in [2.05, 4.69) is 20.5 Å². The topological polar surface area (TPSA) is 79.6 Å². The van der Waals surface area contributed by atoms with Crippen molar-refractivity contribution in [2.45, 2.75) is 6.54 Å². The van der Waals surface area contributed by atoms with E-state index in [4.69, 9.17) is 5.73 Å². The molecule has 72 valence electrons. The first-order valence-electron chi connectivity index (χ1n) is 4.28. The lowest BCUT2D eigenvalue weighted by Gasteiger charge is -2.05. The van der Waals surface area contributed by atoms with Gasteiger partial charge in [0.05, 0.1) is 11.9 Å². The van der Waals surface area contributed by atoms with Gasteiger partial charge in [-0.05, 0) is 12.1 Å². The van der Waals surface area contributed by atoms with Crippen molar-refractivity contribution in [2.75, 3.05) is 11.1 Å². The van der Waals surface area contributed by atoms with E-state index in [1.807, 2.05) is 18.3 Å². The van der Waals surface area contributed by atoms with Gasteiger partial charge in [-0.1, -0.05) is 0 Å². The van der Waals surface area contributed by atoms with Crippen LogP contribution in [0.1, 0.15) is 5.56 Å². The van der Waals surface area contributed by atoms with Gasteiger partial charge in [-0.25, -0.2) is 4.98 Å². The molecule has 5 heteroatoms. The molecule has 2 rings (SSSR count). The lowest BCUT2D eigenvalue weighted by Crippen LogP contribution is -2.02. The number of nitrogens with one attached hydrogen (secondary N) is 2. The van der Waals surface area contributed by atoms with Crippen molar-refractivity contribution in [3.8, 4) is 0 Å². The van der Waals surface area contributed by atoms with Crippen LogP contribution in [-0.4, -0.2) is 15.2 Å². The summed E-state index contributed by atoms with van der Waals surface area (Å²) in [7, 11) is 0. The number of hydrogen-bond acceptors (Lipinski definition) is 4. The number of nitrogen functional groups attached to an aromatic ring is 1. The number of nitrogens with zero attached hydrogens (tertiary/aromatic N) is 2. The normalized spacial score (nSPS) is 10.0. The smallest absolute Gasteiger partial charge is 0.146 e. The van der Waals surface area contributed by atoms with Gasteiger partial charge in [0.2, 0.25) is 0 Å². The summed E-state index contributed by atoms with van der Waals surface area (Å²) < 4.78 is 0. The van der Waals surface area contributed by atoms with E-state index in [1.165, 1.54) is 0 Å². The number of rotatable bonds is 3. The Morgan fingerprint density at radius 3 is 3.14 bits per heavy atom. The number of H-pyrrole nitrogens is 1. The highest BCUT2D eigenvalue weighted by Crippen LogP contribution is 2.14. The Morgan fingerprint density at radius 2 is 2.43 bits per heavy atom. The minimum atomic E-state index is 0.510. The number of anilines is 2. The molecular weight excluding hydrogens is 178 g/mol. The molecule has 0 saturated carbocycles. The third-order valence-electron chi connectivity index (χ3n) is 1.88. The molecule has 2 aromatic rings. The molecule has 0 atom stereocenters. The van der Waals surface area contributed by atoms with Crippen LogP contribution in [0.25, 0.3) is 0 Å². The molecule has 0 aliphatic carbocycles. The van der Waals surface area contributed by atoms with Crippen LogP contribution in [0.5, 0.6) is 0 Å². The van der Waals surface area contributed by atoms with Gasteiger partial charge in [-0.3, -0.25) is 5.10 Å². The maximum absolute atomic E-state index is 5.66. The van der Waals surface area contributed by atoms with Crippen LogP contribution >= 0.6 is 0 Å². The van der Waals surface area contributed by atoms with Gasteiger partial charge >= 0.3 is 0 Å². The fraction of sp³-hybridized carbons (Fsp3) is 0.111. The first kappa shape index (κ1) is 8.55. The Bertz CT molecular complexity index is 395. The largest absolute Gasteiger partial charge is 0.382 e. The van der Waals surface area contributed by atoms with Crippen molar-refractivity contribution < 1.29 is 0 Å². The van der Waals surface area contributed by atoms with E-state index in [0.717, 1.165) is 11.3 Å². The van der Waals surface area contributed by atoms with Crippen LogP contribution in [0.4, 0.5) is 11.5 Å². The van der Waals surface area contributed by atoms with Gasteiger partial charge < -0.3 is 11.1 Å². The Labute approximate surface area is 81.4 Å². The van der Waals surface area contributed by atoms with Crippen molar-refractivity contribution in [3.63, 3.8) is 0 Å². The Hall–Kier alpha value is -2.04. The standard InChI is InChI=1S/C9H11N5/c10-9-8(2-1-3-11-9)12-4-7-5-13-14-6-7/h1-3,5-6,12H,4H2,(H2,10,11)(H,13,14). The molecule has 0 fully saturated rings. The number of aromatic amines is 1. The average Bonchev–Trinajstić information content (AvgIpc) is 2.69. The van der Waals surface area contributed by atoms with E-state index in [0.29, 0.717) is 12.4 Å². The first-order chi connectivity index (χ1) is 6.86. The lowest BCUT2D eigenvalue weighted by atomic mass is 10.3. The predicted molar refractivity (Wildman–Crippen MR) is 54.6 cm³/mol. The van der Waals surface area contributed by atoms with E-state index >= 15 is 0 Å². The molecular formula is C9H11N5. The summed E-state index contributed by atoms with van der Waals surface area (Å²) >= 11 is 0. The fourth-order valence-corrected chi connectivity index (χ4v) is 1.14. The maximum atomic E-state index is 5.66. The number of hydrogen-bond donors (Lipinski definition) is 3. The van der Waals surface area contributed by atoms with Gasteiger partial charge in [-0.2, -0.15) is 5.10 Å². The summed E-state index contributed by atoms with van der Waals surface area (Å²) in [6, 6.07) is 3.73. The zero-order chi connectivity index (χ0) is 9.80. The Balaban J connectivity index is 2.02. The van der Waals surface area contributed by atoms with Crippen molar-refractivity contribution in [1.82, 2.24) is 15.2 Å². The quantitative estimate of drug-likeness (QED) is 0.673. The SMILES string of the molecule is Nc1ncccc1NCc1cn[nH]c1. The maximum Gasteiger partial charge on any atom is 0.146 e. The summed E-state index contributed by atoms with van der Waals surface area (Å²) in [4.78, 5) is 3.97. The van der Waals surface area contributed by atoms with E-state index in [-0.39, 0.29) is 0 Å². The molecule has 2 aromatic heterocycles. The second-order valence-electron chi connectivity index (χ2n) is 2.90. The molecule has 0 amide bonds. The third-order valence-corrected chi connectivity index (χ3v) is 1.88. The number of pyridine rings is 1. The fourth-order valence-electron chi connectivity index (χ4n) is 1.14. The minimum absolute atomic E-state index is 0.510. The minimum Gasteiger partial charge on any atom is -0.382 e. The molecule has 0 aromatic carbocycles. The van der Waals surface area contributed by atoms with E-state index < -0.39 is 0 Å². The van der Waals surface area contributed by atoms with Crippen LogP contribution in [0.2, 0.25) is 0 Å². The second-order valence-corrected chi connectivity index (χ2v) is 2.90. The summed E-state index contributed by atoms with van der Waals surface area (Å²) in [6.45, 7) is 0.687. The summed E-state index contributed by atoms with van der Waals surface area (Å²) in [6.07, 6.45) is 5.26. The van der Waals surface area contributed by atoms with Crippen molar-refractivity contribution in [2.24, 2.45) is 0 Å². The van der Waals surface area contributed by atoms with Crippen LogP contribution in [-0.2, 0) is 6.54 Å². The molecule has 0 radical (unpaired) electrons. The molecule has 0 aliphatic rings. The molecule has 2 heterocycles. The van der Waals surface area contributed by atoms with Crippen molar-refractivity contribution in [3.05, 3.63) is 36.3 Å². The Morgan fingerprint density at radius 1 is 1.50 bits per heavy atom. The van der Waals surface area contributed by atoms with E-state index in [1.54, 1.807) is 12.4 Å². The highest BCUT2D eigenvalue weighted by molar-refractivity contribution is 5.60. The number of aromatic nitrogens is 3. The van der Waals surface area contributed by atoms with Crippen LogP contribution in [0.15, 0.2) is 30.7 Å². The zero-order valence-corrected chi connectivity index (χ0v) is 7.57. The molecule has 5 nitrogen and oxygen atoms in total. The monoisotopic (exact) mass is 189 g/mol. The molecule has 0 bridgehead atoms. The molecule has 0 unspecified atom stereocenters. The summed E-state index contributed by atoms with van der Waals surface area (Å²) in [5, 5.41) is 9.76. The number of nitrogens with two attached hydrogens (primary N) is 1. The van der Waals surface area contributed by atoms with Crippen LogP contribution < -0.4 is 11.1 Å². The lowest BCUT2D eigenvalue weighted by molar-refractivity contribution is 1.09. The summed E-state index contributed by atoms with van der Waals surface area (Å²) in [5.74, 6) is 0.510.